The lowest BCUT2D eigenvalue weighted by Gasteiger charge is -2.27. The Balaban J connectivity index is 0. The summed E-state index contributed by atoms with van der Waals surface area (Å²) in [7, 11) is 0. The van der Waals surface area contributed by atoms with E-state index in [1.165, 1.54) is 0 Å². The fraction of sp³-hybridized carbons (Fsp3) is 0.747. The smallest absolute Gasteiger partial charge is 0.329 e. The van der Waals surface area contributed by atoms with Crippen molar-refractivity contribution in [1.29, 1.82) is 0 Å². The molecule has 0 aliphatic heterocycles. The standard InChI is InChI=1S/C38H59N3O11.C29H51N3O10.C24H45N3O7/c1-36(2,3)50-31(45)23-22-29(34(48)52-38(7,8)9)41-35(49)40-28(33(47)51-37(4,5)6)14-10-11-24-39-32(46)26-19-16-25(17-20-26)18-21-27(42)13-12-15-30(43)44;1-27(2,3)40-23(36)17-16-20(25(38)42-29(7,8)9)32-26(39)31-19(24(37)41-28(4,5)6)13-10-11-18-30-21(33)14-12-15-22(34)35;1-22(2,3)32-18(28)14-13-17(20(30)34-24(7,8)9)27-21(31)26-16(12-10-11-15-25)19(29)33-23(4,5)6/h16-17,19-20,28-29H,10-15,18,21-24H2,1-9H3,(H,39,46)(H,43,44)(H2,40,41,49);19-20H,10-18H2,1-9H3,(H,30,33)(H,34,35)(H2,31,32,39);16-17H,10-15,25H2,1-9H3,(H2,26,27,31). The van der Waals surface area contributed by atoms with Gasteiger partial charge >= 0.3 is 83.8 Å². The van der Waals surface area contributed by atoms with Gasteiger partial charge in [0.05, 0.1) is 0 Å². The number of benzene rings is 1. The lowest BCUT2D eigenvalue weighted by atomic mass is 10.0. The van der Waals surface area contributed by atoms with Crippen molar-refractivity contribution in [2.45, 2.75) is 421 Å². The number of carboxylic acid groups (broad SMARTS) is 2. The molecule has 128 heavy (non-hydrogen) atoms. The average Bonchev–Trinajstić information content (AvgIpc) is 0.873. The first-order valence-corrected chi connectivity index (χ1v) is 43.9. The van der Waals surface area contributed by atoms with Crippen molar-refractivity contribution in [1.82, 2.24) is 42.5 Å². The number of carboxylic acids is 2. The number of unbranched alkanes of at least 4 members (excludes halogenated alkanes) is 3. The third kappa shape index (κ3) is 68.0. The maximum atomic E-state index is 13.1. The molecule has 1 rings (SSSR count). The van der Waals surface area contributed by atoms with Crippen LogP contribution in [-0.4, -0.2) is 218 Å². The van der Waals surface area contributed by atoms with Crippen molar-refractivity contribution in [2.75, 3.05) is 19.6 Å². The minimum absolute atomic E-state index is 0.00639. The largest absolute Gasteiger partial charge is 0.481 e. The van der Waals surface area contributed by atoms with Gasteiger partial charge < -0.3 is 101 Å². The lowest BCUT2D eigenvalue weighted by molar-refractivity contribution is -0.160. The summed E-state index contributed by atoms with van der Waals surface area (Å²) < 4.78 is 48.5. The molecule has 0 spiro atoms. The zero-order chi connectivity index (χ0) is 99.2. The number of esters is 9. The summed E-state index contributed by atoms with van der Waals surface area (Å²) >= 11 is 0. The van der Waals surface area contributed by atoms with E-state index in [1.54, 1.807) is 211 Å². The number of nitrogens with one attached hydrogen (secondary N) is 8. The quantitative estimate of drug-likeness (QED) is 0.0164. The number of carbonyl (C=O) groups is 17. The van der Waals surface area contributed by atoms with Gasteiger partial charge in [-0.05, 0) is 307 Å². The Bertz CT molecular complexity index is 3730. The molecule has 0 heterocycles. The molecule has 8 amide bonds. The van der Waals surface area contributed by atoms with Crippen LogP contribution in [0.1, 0.15) is 344 Å². The normalized spacial score (nSPS) is 13.3. The third-order valence-corrected chi connectivity index (χ3v) is 16.1. The van der Waals surface area contributed by atoms with Crippen LogP contribution < -0.4 is 48.3 Å². The Morgan fingerprint density at radius 3 is 0.797 bits per heavy atom. The fourth-order valence-corrected chi connectivity index (χ4v) is 10.9. The zero-order valence-corrected chi connectivity index (χ0v) is 81.2. The van der Waals surface area contributed by atoms with Crippen LogP contribution in [0.5, 0.6) is 0 Å². The topological polar surface area (TPSA) is 536 Å². The van der Waals surface area contributed by atoms with Gasteiger partial charge in [0.15, 0.2) is 0 Å². The van der Waals surface area contributed by atoms with Gasteiger partial charge in [-0.25, -0.2) is 43.2 Å². The van der Waals surface area contributed by atoms with E-state index in [0.717, 1.165) is 5.56 Å². The van der Waals surface area contributed by atoms with Gasteiger partial charge in [0.1, 0.15) is 92.4 Å². The third-order valence-electron chi connectivity index (χ3n) is 16.1. The fourth-order valence-electron chi connectivity index (χ4n) is 10.9. The second kappa shape index (κ2) is 57.0. The van der Waals surface area contributed by atoms with E-state index in [9.17, 15) is 81.5 Å². The zero-order valence-electron chi connectivity index (χ0n) is 81.2. The van der Waals surface area contributed by atoms with E-state index < -0.39 is 170 Å². The van der Waals surface area contributed by atoms with Gasteiger partial charge in [-0.1, -0.05) is 12.1 Å². The molecular formula is C91H155N9O28. The SMILES string of the molecule is CC(C)(C)OC(=O)CCC(NC(=O)NC(CCCCN)C(=O)OC(C)(C)C)C(=O)OC(C)(C)C.CC(C)(C)OC(=O)CCC(NC(=O)NC(CCCCNC(=O)CCCC(=O)O)C(=O)OC(C)(C)C)C(=O)OC(C)(C)C.CC(C)(C)OC(=O)CCC(NC(=O)NC(CCCCNC(=O)c1ccc(CCC(=O)CCCC(=O)O)cc1)C(=O)OC(C)(C)C)C(=O)OC(C)(C)C. The molecule has 37 heteroatoms. The predicted molar refractivity (Wildman–Crippen MR) is 477 cm³/mol. The molecule has 0 saturated carbocycles. The average molecular weight is 1820 g/mol. The van der Waals surface area contributed by atoms with Crippen molar-refractivity contribution in [3.05, 3.63) is 35.4 Å². The van der Waals surface area contributed by atoms with Crippen LogP contribution in [0, 0.1) is 0 Å². The number of rotatable bonds is 47. The van der Waals surface area contributed by atoms with Crippen LogP contribution in [0.15, 0.2) is 24.3 Å². The van der Waals surface area contributed by atoms with Crippen molar-refractivity contribution < 1.29 is 134 Å². The van der Waals surface area contributed by atoms with Crippen molar-refractivity contribution in [3.8, 4) is 0 Å². The monoisotopic (exact) mass is 1820 g/mol. The van der Waals surface area contributed by atoms with Gasteiger partial charge in [0, 0.05) is 70.0 Å². The van der Waals surface area contributed by atoms with Crippen LogP contribution in [-0.2, 0) is 111 Å². The molecule has 0 aliphatic carbocycles. The number of urea groups is 3. The summed E-state index contributed by atoms with van der Waals surface area (Å²) in [4.78, 5) is 210. The molecule has 0 fully saturated rings. The van der Waals surface area contributed by atoms with E-state index in [4.69, 9.17) is 58.6 Å². The van der Waals surface area contributed by atoms with Crippen LogP contribution in [0.25, 0.3) is 0 Å². The maximum absolute atomic E-state index is 13.1. The number of aliphatic carboxylic acids is 2. The van der Waals surface area contributed by atoms with E-state index in [-0.39, 0.29) is 101 Å². The number of carbonyl (C=O) groups excluding carboxylic acids is 15. The number of ketones is 1. The predicted octanol–water partition coefficient (Wildman–Crippen LogP) is 11.5. The Kier molecular flexibility index (Phi) is 53.3. The van der Waals surface area contributed by atoms with Gasteiger partial charge in [0.2, 0.25) is 5.91 Å². The number of aryl methyl sites for hydroxylation is 1. The Labute approximate surface area is 757 Å². The second-order valence-corrected chi connectivity index (χ2v) is 39.9. The molecule has 37 nitrogen and oxygen atoms in total. The second-order valence-electron chi connectivity index (χ2n) is 39.9. The molecule has 1 aromatic rings. The molecule has 12 N–H and O–H groups in total. The summed E-state index contributed by atoms with van der Waals surface area (Å²) in [6.45, 7) is 47.1. The molecular weight excluding hydrogens is 1670 g/mol. The molecule has 6 unspecified atom stereocenters. The van der Waals surface area contributed by atoms with E-state index in [0.29, 0.717) is 89.4 Å². The first-order valence-electron chi connectivity index (χ1n) is 43.9. The van der Waals surface area contributed by atoms with Crippen LogP contribution in [0.2, 0.25) is 0 Å². The first-order chi connectivity index (χ1) is 58.3. The molecule has 732 valence electrons. The number of hydrogen-bond acceptors (Lipinski definition) is 27. The minimum atomic E-state index is -1.20. The summed E-state index contributed by atoms with van der Waals surface area (Å²) in [6.07, 6.45) is 4.73. The van der Waals surface area contributed by atoms with Crippen LogP contribution in [0.3, 0.4) is 0 Å². The molecule has 0 saturated heterocycles. The molecule has 0 aromatic heterocycles. The molecule has 0 aliphatic rings. The molecule has 1 aromatic carbocycles. The molecule has 0 bridgehead atoms. The van der Waals surface area contributed by atoms with E-state index in [2.05, 4.69) is 42.5 Å². The van der Waals surface area contributed by atoms with Gasteiger partial charge in [0.25, 0.3) is 5.91 Å². The van der Waals surface area contributed by atoms with E-state index in [1.807, 2.05) is 0 Å². The minimum Gasteiger partial charge on any atom is -0.481 e. The number of Topliss-reactive ketones (excluding diaryl/α,β-unsaturated/α-hetero) is 1. The Morgan fingerprint density at radius 1 is 0.289 bits per heavy atom. The highest BCUT2D eigenvalue weighted by molar-refractivity contribution is 5.94. The van der Waals surface area contributed by atoms with Gasteiger partial charge in [-0.3, -0.25) is 38.4 Å². The summed E-state index contributed by atoms with van der Waals surface area (Å²) in [6, 6.07) is -2.07. The number of nitrogens with two attached hydrogens (primary N) is 1. The summed E-state index contributed by atoms with van der Waals surface area (Å²) in [5.74, 6) is -8.15. The number of ether oxygens (including phenoxy) is 9. The van der Waals surface area contributed by atoms with Crippen LogP contribution in [0.4, 0.5) is 14.4 Å². The van der Waals surface area contributed by atoms with Gasteiger partial charge in [-0.15, -0.1) is 0 Å². The molecule has 0 radical (unpaired) electrons. The van der Waals surface area contributed by atoms with Crippen LogP contribution >= 0.6 is 0 Å². The molecule has 6 atom stereocenters. The van der Waals surface area contributed by atoms with Crippen molar-refractivity contribution in [3.63, 3.8) is 0 Å². The highest BCUT2D eigenvalue weighted by atomic mass is 16.6. The Hall–Kier alpha value is -10.2. The van der Waals surface area contributed by atoms with Crippen molar-refractivity contribution >= 4 is 101 Å². The maximum Gasteiger partial charge on any atom is 0.329 e. The first kappa shape index (κ1) is 120. The summed E-state index contributed by atoms with van der Waals surface area (Å²) in [5.41, 5.74) is -0.126. The van der Waals surface area contributed by atoms with Crippen molar-refractivity contribution in [2.24, 2.45) is 5.73 Å². The highest BCUT2D eigenvalue weighted by Gasteiger charge is 2.37. The number of hydrogen-bond donors (Lipinski definition) is 11. The lowest BCUT2D eigenvalue weighted by Crippen LogP contribution is -2.53. The summed E-state index contributed by atoms with van der Waals surface area (Å²) in [5, 5.41) is 38.2. The number of amides is 8. The Morgan fingerprint density at radius 2 is 0.539 bits per heavy atom. The highest BCUT2D eigenvalue weighted by Crippen LogP contribution is 2.22. The van der Waals surface area contributed by atoms with E-state index >= 15 is 0 Å². The van der Waals surface area contributed by atoms with Gasteiger partial charge in [-0.2, -0.15) is 0 Å².